The summed E-state index contributed by atoms with van der Waals surface area (Å²) >= 11 is 0. The number of benzene rings is 1. The smallest absolute Gasteiger partial charge is 0.229 e. The van der Waals surface area contributed by atoms with Crippen LogP contribution in [0.15, 0.2) is 35.0 Å². The van der Waals surface area contributed by atoms with Crippen molar-refractivity contribution in [2.75, 3.05) is 5.73 Å². The quantitative estimate of drug-likeness (QED) is 0.654. The lowest BCUT2D eigenvalue weighted by Crippen LogP contribution is -1.97. The summed E-state index contributed by atoms with van der Waals surface area (Å²) in [6.45, 7) is 0. The second-order valence-electron chi connectivity index (χ2n) is 3.23. The zero-order valence-corrected chi connectivity index (χ0v) is 8.16. The highest BCUT2D eigenvalue weighted by Gasteiger charge is 2.10. The monoisotopic (exact) mass is 213 g/mol. The normalized spacial score (nSPS) is 10.8. The van der Waals surface area contributed by atoms with E-state index in [1.807, 2.05) is 30.3 Å². The van der Waals surface area contributed by atoms with Crippen LogP contribution in [0.25, 0.3) is 22.6 Å². The summed E-state index contributed by atoms with van der Waals surface area (Å²) in [6.07, 6.45) is 0. The molecule has 2 N–H and O–H groups in total. The van der Waals surface area contributed by atoms with Crippen molar-refractivity contribution in [3.8, 4) is 11.4 Å². The zero-order valence-electron chi connectivity index (χ0n) is 8.16. The van der Waals surface area contributed by atoms with Crippen molar-refractivity contribution in [1.29, 1.82) is 0 Å². The van der Waals surface area contributed by atoms with Crippen LogP contribution < -0.4 is 5.73 Å². The molecule has 6 heteroatoms. The lowest BCUT2D eigenvalue weighted by molar-refractivity contribution is 0.315. The molecule has 6 nitrogen and oxygen atoms in total. The molecule has 0 amide bonds. The summed E-state index contributed by atoms with van der Waals surface area (Å²) in [6, 6.07) is 9.52. The average Bonchev–Trinajstić information content (AvgIpc) is 2.79. The molecule has 0 aliphatic carbocycles. The lowest BCUT2D eigenvalue weighted by Gasteiger charge is -1.99. The number of anilines is 1. The minimum Gasteiger partial charge on any atom is -0.382 e. The van der Waals surface area contributed by atoms with E-state index < -0.39 is 0 Å². The molecule has 2 aromatic heterocycles. The molecule has 0 saturated heterocycles. The number of nitrogens with zero attached hydrogens (tertiary/aromatic N) is 4. The van der Waals surface area contributed by atoms with E-state index in [-0.39, 0.29) is 5.82 Å². The van der Waals surface area contributed by atoms with Crippen LogP contribution in [0.5, 0.6) is 0 Å². The Morgan fingerprint density at radius 3 is 2.62 bits per heavy atom. The SMILES string of the molecule is Nc1nc(-c2ccccc2)nc2nonc12. The van der Waals surface area contributed by atoms with E-state index >= 15 is 0 Å². The van der Waals surface area contributed by atoms with Crippen LogP contribution in [0.2, 0.25) is 0 Å². The fourth-order valence-electron chi connectivity index (χ4n) is 1.43. The Balaban J connectivity index is 2.25. The molecule has 0 radical (unpaired) electrons. The van der Waals surface area contributed by atoms with Crippen molar-refractivity contribution in [2.24, 2.45) is 0 Å². The molecule has 3 rings (SSSR count). The zero-order chi connectivity index (χ0) is 11.0. The molecule has 0 bridgehead atoms. The second-order valence-corrected chi connectivity index (χ2v) is 3.23. The Hall–Kier alpha value is -2.50. The third-order valence-electron chi connectivity index (χ3n) is 2.18. The van der Waals surface area contributed by atoms with Gasteiger partial charge in [-0.2, -0.15) is 0 Å². The minimum absolute atomic E-state index is 0.269. The number of hydrogen-bond donors (Lipinski definition) is 1. The van der Waals surface area contributed by atoms with Crippen LogP contribution >= 0.6 is 0 Å². The van der Waals surface area contributed by atoms with Gasteiger partial charge < -0.3 is 5.73 Å². The Morgan fingerprint density at radius 2 is 1.81 bits per heavy atom. The fourth-order valence-corrected chi connectivity index (χ4v) is 1.43. The van der Waals surface area contributed by atoms with Gasteiger partial charge in [-0.1, -0.05) is 30.3 Å². The fraction of sp³-hybridized carbons (Fsp3) is 0. The Kier molecular flexibility index (Phi) is 1.79. The van der Waals surface area contributed by atoms with Crippen molar-refractivity contribution in [3.63, 3.8) is 0 Å². The molecule has 0 fully saturated rings. The van der Waals surface area contributed by atoms with Gasteiger partial charge >= 0.3 is 0 Å². The molecule has 0 spiro atoms. The summed E-state index contributed by atoms with van der Waals surface area (Å²) < 4.78 is 4.55. The number of fused-ring (bicyclic) bond motifs is 1. The molecule has 1 aromatic carbocycles. The van der Waals surface area contributed by atoms with Gasteiger partial charge in [0.25, 0.3) is 0 Å². The van der Waals surface area contributed by atoms with Gasteiger partial charge in [0.15, 0.2) is 17.2 Å². The Morgan fingerprint density at radius 1 is 1.00 bits per heavy atom. The maximum Gasteiger partial charge on any atom is 0.229 e. The predicted octanol–water partition coefficient (Wildman–Crippen LogP) is 1.26. The van der Waals surface area contributed by atoms with Gasteiger partial charge in [0.1, 0.15) is 0 Å². The van der Waals surface area contributed by atoms with E-state index in [9.17, 15) is 0 Å². The first-order chi connectivity index (χ1) is 7.84. The second kappa shape index (κ2) is 3.27. The maximum absolute atomic E-state index is 5.73. The number of hydrogen-bond acceptors (Lipinski definition) is 6. The highest BCUT2D eigenvalue weighted by atomic mass is 16.6. The third-order valence-corrected chi connectivity index (χ3v) is 2.18. The van der Waals surface area contributed by atoms with Gasteiger partial charge in [-0.25, -0.2) is 14.6 Å². The Bertz CT molecular complexity index is 634. The van der Waals surface area contributed by atoms with E-state index in [0.717, 1.165) is 5.56 Å². The van der Waals surface area contributed by atoms with Crippen molar-refractivity contribution in [1.82, 2.24) is 20.3 Å². The maximum atomic E-state index is 5.73. The topological polar surface area (TPSA) is 90.7 Å². The van der Waals surface area contributed by atoms with Gasteiger partial charge in [0, 0.05) is 5.56 Å². The summed E-state index contributed by atoms with van der Waals surface area (Å²) in [5, 5.41) is 7.27. The highest BCUT2D eigenvalue weighted by Crippen LogP contribution is 2.19. The molecule has 0 aliphatic rings. The summed E-state index contributed by atoms with van der Waals surface area (Å²) in [4.78, 5) is 8.36. The number of nitrogen functional groups attached to an aromatic ring is 1. The standard InChI is InChI=1S/C10H7N5O/c11-8-7-10(15-16-14-7)13-9(12-8)6-4-2-1-3-5-6/h1-5H,(H2,11,12,13,15). The van der Waals surface area contributed by atoms with Crippen LogP contribution in [-0.4, -0.2) is 20.3 Å². The van der Waals surface area contributed by atoms with Crippen molar-refractivity contribution >= 4 is 17.0 Å². The van der Waals surface area contributed by atoms with Crippen LogP contribution in [0, 0.1) is 0 Å². The number of rotatable bonds is 1. The van der Waals surface area contributed by atoms with Gasteiger partial charge in [-0.15, -0.1) is 0 Å². The molecule has 0 unspecified atom stereocenters. The van der Waals surface area contributed by atoms with E-state index in [0.29, 0.717) is 17.0 Å². The average molecular weight is 213 g/mol. The molecule has 16 heavy (non-hydrogen) atoms. The third kappa shape index (κ3) is 1.28. The molecule has 0 aliphatic heterocycles. The van der Waals surface area contributed by atoms with Crippen molar-refractivity contribution in [3.05, 3.63) is 30.3 Å². The molecule has 78 valence electrons. The van der Waals surface area contributed by atoms with Gasteiger partial charge in [0.05, 0.1) is 0 Å². The highest BCUT2D eigenvalue weighted by molar-refractivity contribution is 5.82. The first kappa shape index (κ1) is 8.78. The van der Waals surface area contributed by atoms with Crippen LogP contribution in [0.4, 0.5) is 5.82 Å². The van der Waals surface area contributed by atoms with Crippen LogP contribution in [0.3, 0.4) is 0 Å². The van der Waals surface area contributed by atoms with Crippen LogP contribution in [0.1, 0.15) is 0 Å². The molecule has 3 aromatic rings. The van der Waals surface area contributed by atoms with Gasteiger partial charge in [-0.3, -0.25) is 0 Å². The Labute approximate surface area is 90.1 Å². The van der Waals surface area contributed by atoms with E-state index in [1.165, 1.54) is 0 Å². The van der Waals surface area contributed by atoms with Crippen molar-refractivity contribution in [2.45, 2.75) is 0 Å². The molecule has 0 saturated carbocycles. The number of aromatic nitrogens is 4. The lowest BCUT2D eigenvalue weighted by atomic mass is 10.2. The molecule has 0 atom stereocenters. The predicted molar refractivity (Wildman–Crippen MR) is 57.2 cm³/mol. The first-order valence-electron chi connectivity index (χ1n) is 4.66. The molecule has 2 heterocycles. The number of nitrogens with two attached hydrogens (primary N) is 1. The first-order valence-corrected chi connectivity index (χ1v) is 4.66. The van der Waals surface area contributed by atoms with Crippen LogP contribution in [-0.2, 0) is 0 Å². The van der Waals surface area contributed by atoms with Gasteiger partial charge in [-0.05, 0) is 10.3 Å². The van der Waals surface area contributed by atoms with Gasteiger partial charge in [0.2, 0.25) is 5.65 Å². The van der Waals surface area contributed by atoms with E-state index in [1.54, 1.807) is 0 Å². The summed E-state index contributed by atoms with van der Waals surface area (Å²) in [7, 11) is 0. The molecular weight excluding hydrogens is 206 g/mol. The molecular formula is C10H7N5O. The minimum atomic E-state index is 0.269. The van der Waals surface area contributed by atoms with Crippen molar-refractivity contribution < 1.29 is 4.63 Å². The summed E-state index contributed by atoms with van der Waals surface area (Å²) in [5.74, 6) is 0.784. The van der Waals surface area contributed by atoms with E-state index in [2.05, 4.69) is 24.9 Å². The largest absolute Gasteiger partial charge is 0.382 e. The summed E-state index contributed by atoms with van der Waals surface area (Å²) in [5.41, 5.74) is 7.35. The van der Waals surface area contributed by atoms with E-state index in [4.69, 9.17) is 5.73 Å².